The van der Waals surface area contributed by atoms with Gasteiger partial charge in [-0.3, -0.25) is 0 Å². The molecular formula is C12H10FN3. The van der Waals surface area contributed by atoms with Crippen molar-refractivity contribution in [2.75, 3.05) is 0 Å². The predicted molar refractivity (Wildman–Crippen MR) is 62.6 cm³/mol. The van der Waals surface area contributed by atoms with Crippen LogP contribution < -0.4 is 5.73 Å². The van der Waals surface area contributed by atoms with E-state index in [0.29, 0.717) is 16.8 Å². The molecule has 1 heterocycles. The van der Waals surface area contributed by atoms with Crippen molar-refractivity contribution in [2.24, 2.45) is 5.73 Å². The normalized spacial score (nSPS) is 11.7. The van der Waals surface area contributed by atoms with Crippen LogP contribution in [0.2, 0.25) is 0 Å². The van der Waals surface area contributed by atoms with Gasteiger partial charge in [-0.1, -0.05) is 6.07 Å². The third kappa shape index (κ3) is 1.77. The topological polar surface area (TPSA) is 62.8 Å². The zero-order valence-electron chi connectivity index (χ0n) is 8.44. The highest BCUT2D eigenvalue weighted by atomic mass is 19.1. The van der Waals surface area contributed by atoms with E-state index < -0.39 is 0 Å². The summed E-state index contributed by atoms with van der Waals surface area (Å²) in [4.78, 5) is 4.24. The van der Waals surface area contributed by atoms with Crippen molar-refractivity contribution in [2.45, 2.75) is 0 Å². The molecule has 0 aliphatic rings. The van der Waals surface area contributed by atoms with Gasteiger partial charge in [0.2, 0.25) is 0 Å². The molecule has 3 nitrogen and oxygen atoms in total. The first-order valence-corrected chi connectivity index (χ1v) is 4.73. The summed E-state index contributed by atoms with van der Waals surface area (Å²) in [5, 5.41) is 8.01. The summed E-state index contributed by atoms with van der Waals surface area (Å²) in [7, 11) is 0. The summed E-state index contributed by atoms with van der Waals surface area (Å²) < 4.78 is 13.0. The van der Waals surface area contributed by atoms with Gasteiger partial charge in [-0.25, -0.2) is 9.37 Å². The molecule has 0 unspecified atom stereocenters. The van der Waals surface area contributed by atoms with Crippen molar-refractivity contribution in [1.82, 2.24) is 4.98 Å². The number of nitrogens with one attached hydrogen (secondary N) is 1. The number of fused-ring (bicyclic) bond motifs is 1. The Labute approximate surface area is 91.9 Å². The summed E-state index contributed by atoms with van der Waals surface area (Å²) in [6, 6.07) is 7.99. The molecule has 0 amide bonds. The molecule has 3 N–H and O–H groups in total. The Morgan fingerprint density at radius 2 is 2.06 bits per heavy atom. The van der Waals surface area contributed by atoms with Gasteiger partial charge in [0.15, 0.2) is 0 Å². The summed E-state index contributed by atoms with van der Waals surface area (Å²) in [6.07, 6.45) is 2.42. The largest absolute Gasteiger partial charge is 0.404 e. The van der Waals surface area contributed by atoms with Crippen molar-refractivity contribution >= 4 is 22.7 Å². The molecule has 1 aromatic carbocycles. The fourth-order valence-electron chi connectivity index (χ4n) is 1.46. The van der Waals surface area contributed by atoms with Gasteiger partial charge in [0.1, 0.15) is 5.82 Å². The number of hydrogen-bond acceptors (Lipinski definition) is 3. The van der Waals surface area contributed by atoms with Crippen molar-refractivity contribution in [3.05, 3.63) is 48.0 Å². The molecule has 0 aliphatic carbocycles. The average molecular weight is 215 g/mol. The van der Waals surface area contributed by atoms with Gasteiger partial charge in [-0.2, -0.15) is 0 Å². The Hall–Kier alpha value is -2.23. The molecule has 0 aliphatic heterocycles. The number of nitrogens with two attached hydrogens (primary N) is 1. The molecule has 16 heavy (non-hydrogen) atoms. The lowest BCUT2D eigenvalue weighted by Crippen LogP contribution is -1.94. The molecule has 0 fully saturated rings. The molecule has 0 saturated carbocycles. The van der Waals surface area contributed by atoms with Gasteiger partial charge in [-0.15, -0.1) is 0 Å². The molecular weight excluding hydrogens is 205 g/mol. The summed E-state index contributed by atoms with van der Waals surface area (Å²) in [6.45, 7) is 0. The number of pyridine rings is 1. The van der Waals surface area contributed by atoms with Crippen LogP contribution in [0.3, 0.4) is 0 Å². The average Bonchev–Trinajstić information content (AvgIpc) is 2.30. The van der Waals surface area contributed by atoms with E-state index in [0.717, 1.165) is 11.6 Å². The quantitative estimate of drug-likeness (QED) is 0.755. The van der Waals surface area contributed by atoms with E-state index in [4.69, 9.17) is 11.1 Å². The zero-order chi connectivity index (χ0) is 11.5. The molecule has 0 spiro atoms. The van der Waals surface area contributed by atoms with Crippen molar-refractivity contribution in [1.29, 1.82) is 5.41 Å². The number of halogens is 1. The fourth-order valence-corrected chi connectivity index (χ4v) is 1.46. The van der Waals surface area contributed by atoms with Crippen molar-refractivity contribution in [3.8, 4) is 0 Å². The van der Waals surface area contributed by atoms with Gasteiger partial charge < -0.3 is 11.1 Å². The maximum absolute atomic E-state index is 13.0. The first kappa shape index (κ1) is 10.3. The van der Waals surface area contributed by atoms with E-state index in [1.165, 1.54) is 18.3 Å². The van der Waals surface area contributed by atoms with Crippen LogP contribution in [0.25, 0.3) is 16.5 Å². The number of hydrogen-bond donors (Lipinski definition) is 2. The van der Waals surface area contributed by atoms with Crippen LogP contribution in [0, 0.1) is 11.2 Å². The molecule has 1 aromatic heterocycles. The number of rotatable bonds is 2. The number of aromatic nitrogens is 1. The first-order chi connectivity index (χ1) is 7.74. The van der Waals surface area contributed by atoms with Crippen LogP contribution in [0.15, 0.2) is 36.5 Å². The van der Waals surface area contributed by atoms with Gasteiger partial charge in [0.05, 0.1) is 11.2 Å². The van der Waals surface area contributed by atoms with Gasteiger partial charge in [0, 0.05) is 29.4 Å². The van der Waals surface area contributed by atoms with E-state index in [9.17, 15) is 4.39 Å². The van der Waals surface area contributed by atoms with Crippen LogP contribution in [0.4, 0.5) is 4.39 Å². The van der Waals surface area contributed by atoms with Gasteiger partial charge >= 0.3 is 0 Å². The maximum Gasteiger partial charge on any atom is 0.125 e. The van der Waals surface area contributed by atoms with Gasteiger partial charge in [-0.05, 0) is 18.2 Å². The number of benzene rings is 1. The van der Waals surface area contributed by atoms with Crippen LogP contribution in [-0.4, -0.2) is 11.2 Å². The smallest absolute Gasteiger partial charge is 0.125 e. The Balaban J connectivity index is 2.63. The van der Waals surface area contributed by atoms with Crippen LogP contribution in [0.5, 0.6) is 0 Å². The third-order valence-electron chi connectivity index (χ3n) is 2.28. The highest BCUT2D eigenvalue weighted by molar-refractivity contribution is 6.07. The second-order valence-electron chi connectivity index (χ2n) is 3.30. The minimum atomic E-state index is -0.328. The molecule has 0 bridgehead atoms. The number of allylic oxidation sites excluding steroid dienone is 1. The van der Waals surface area contributed by atoms with Crippen LogP contribution >= 0.6 is 0 Å². The fraction of sp³-hybridized carbons (Fsp3) is 0. The molecule has 2 rings (SSSR count). The van der Waals surface area contributed by atoms with E-state index >= 15 is 0 Å². The standard InChI is InChI=1S/C12H10FN3/c13-10-3-1-8-2-4-11(9(6-14)7-15)16-12(8)5-10/h1-7,14H,15H2/b9-7+,14-6?. The van der Waals surface area contributed by atoms with Crippen molar-refractivity contribution < 1.29 is 4.39 Å². The molecule has 0 radical (unpaired) electrons. The molecule has 0 atom stereocenters. The molecule has 80 valence electrons. The van der Waals surface area contributed by atoms with Crippen LogP contribution in [0.1, 0.15) is 5.69 Å². The van der Waals surface area contributed by atoms with Crippen LogP contribution in [-0.2, 0) is 0 Å². The highest BCUT2D eigenvalue weighted by Gasteiger charge is 2.02. The van der Waals surface area contributed by atoms with E-state index in [2.05, 4.69) is 4.98 Å². The molecule has 2 aromatic rings. The minimum Gasteiger partial charge on any atom is -0.404 e. The third-order valence-corrected chi connectivity index (χ3v) is 2.28. The lowest BCUT2D eigenvalue weighted by Gasteiger charge is -2.02. The second-order valence-corrected chi connectivity index (χ2v) is 3.30. The summed E-state index contributed by atoms with van der Waals surface area (Å²) >= 11 is 0. The first-order valence-electron chi connectivity index (χ1n) is 4.73. The zero-order valence-corrected chi connectivity index (χ0v) is 8.44. The highest BCUT2D eigenvalue weighted by Crippen LogP contribution is 2.17. The lowest BCUT2D eigenvalue weighted by molar-refractivity contribution is 0.629. The predicted octanol–water partition coefficient (Wildman–Crippen LogP) is 2.32. The monoisotopic (exact) mass is 215 g/mol. The summed E-state index contributed by atoms with van der Waals surface area (Å²) in [5.74, 6) is -0.328. The van der Waals surface area contributed by atoms with E-state index in [1.807, 2.05) is 6.07 Å². The SMILES string of the molecule is N=C/C(=C\N)c1ccc2ccc(F)cc2n1. The minimum absolute atomic E-state index is 0.328. The van der Waals surface area contributed by atoms with Crippen molar-refractivity contribution in [3.63, 3.8) is 0 Å². The van der Waals surface area contributed by atoms with Gasteiger partial charge in [0.25, 0.3) is 0 Å². The molecule has 0 saturated heterocycles. The molecule has 4 heteroatoms. The second kappa shape index (κ2) is 4.10. The summed E-state index contributed by atoms with van der Waals surface area (Å²) in [5.41, 5.74) is 6.99. The van der Waals surface area contributed by atoms with E-state index in [1.54, 1.807) is 12.1 Å². The Bertz CT molecular complexity index is 575. The van der Waals surface area contributed by atoms with E-state index in [-0.39, 0.29) is 5.82 Å². The Kier molecular flexibility index (Phi) is 2.64. The Morgan fingerprint density at radius 1 is 1.31 bits per heavy atom. The maximum atomic E-state index is 13.0. The lowest BCUT2D eigenvalue weighted by atomic mass is 10.1. The number of nitrogens with zero attached hydrogens (tertiary/aromatic N) is 1. The Morgan fingerprint density at radius 3 is 2.75 bits per heavy atom.